The van der Waals surface area contributed by atoms with E-state index >= 15 is 0 Å². The van der Waals surface area contributed by atoms with Crippen molar-refractivity contribution in [2.24, 2.45) is 0 Å². The van der Waals surface area contributed by atoms with Crippen molar-refractivity contribution in [1.82, 2.24) is 15.3 Å². The summed E-state index contributed by atoms with van der Waals surface area (Å²) in [6.45, 7) is 7.49. The Hall–Kier alpha value is -1.20. The summed E-state index contributed by atoms with van der Waals surface area (Å²) in [5.74, 6) is 1.66. The topological polar surface area (TPSA) is 51.0 Å². The number of nitrogens with zero attached hydrogens (tertiary/aromatic N) is 2. The average Bonchev–Trinajstić information content (AvgIpc) is 2.82. The first-order chi connectivity index (χ1) is 8.15. The molecule has 92 valence electrons. The zero-order chi connectivity index (χ0) is 12.3. The molecule has 4 nitrogen and oxygen atoms in total. The van der Waals surface area contributed by atoms with Crippen LogP contribution in [0.5, 0.6) is 0 Å². The third-order valence-electron chi connectivity index (χ3n) is 2.57. The Balaban J connectivity index is 1.73. The summed E-state index contributed by atoms with van der Waals surface area (Å²) in [7, 11) is 0. The molecule has 0 saturated heterocycles. The van der Waals surface area contributed by atoms with Gasteiger partial charge < -0.3 is 9.73 Å². The molecule has 2 heterocycles. The SMILES string of the molecule is Cc1nc(CCNCc2nc(C)c(C)o2)cs1. The maximum Gasteiger partial charge on any atom is 0.208 e. The van der Waals surface area contributed by atoms with Gasteiger partial charge in [0.05, 0.1) is 22.9 Å². The molecule has 2 rings (SSSR count). The third kappa shape index (κ3) is 3.38. The molecule has 0 saturated carbocycles. The van der Waals surface area contributed by atoms with Gasteiger partial charge in [0, 0.05) is 18.3 Å². The summed E-state index contributed by atoms with van der Waals surface area (Å²) in [6, 6.07) is 0. The summed E-state index contributed by atoms with van der Waals surface area (Å²) in [5.41, 5.74) is 2.12. The van der Waals surface area contributed by atoms with Crippen molar-refractivity contribution in [2.45, 2.75) is 33.7 Å². The van der Waals surface area contributed by atoms with Gasteiger partial charge >= 0.3 is 0 Å². The number of hydrogen-bond donors (Lipinski definition) is 1. The van der Waals surface area contributed by atoms with Crippen molar-refractivity contribution < 1.29 is 4.42 Å². The van der Waals surface area contributed by atoms with E-state index in [0.29, 0.717) is 6.54 Å². The van der Waals surface area contributed by atoms with Crippen LogP contribution in [0.25, 0.3) is 0 Å². The predicted octanol–water partition coefficient (Wildman–Crippen LogP) is 2.39. The molecule has 1 N–H and O–H groups in total. The van der Waals surface area contributed by atoms with E-state index in [2.05, 4.69) is 20.7 Å². The molecule has 0 aliphatic carbocycles. The van der Waals surface area contributed by atoms with Crippen molar-refractivity contribution in [3.63, 3.8) is 0 Å². The van der Waals surface area contributed by atoms with Crippen LogP contribution in [0.3, 0.4) is 0 Å². The maximum absolute atomic E-state index is 5.48. The van der Waals surface area contributed by atoms with Crippen LogP contribution >= 0.6 is 11.3 Å². The van der Waals surface area contributed by atoms with Gasteiger partial charge in [-0.15, -0.1) is 11.3 Å². The van der Waals surface area contributed by atoms with Crippen LogP contribution in [-0.4, -0.2) is 16.5 Å². The van der Waals surface area contributed by atoms with E-state index in [1.54, 1.807) is 11.3 Å². The van der Waals surface area contributed by atoms with Gasteiger partial charge in [0.1, 0.15) is 5.76 Å². The molecule has 0 spiro atoms. The summed E-state index contributed by atoms with van der Waals surface area (Å²) >= 11 is 1.69. The quantitative estimate of drug-likeness (QED) is 0.829. The molecule has 0 aromatic carbocycles. The highest BCUT2D eigenvalue weighted by atomic mass is 32.1. The predicted molar refractivity (Wildman–Crippen MR) is 68.2 cm³/mol. The zero-order valence-electron chi connectivity index (χ0n) is 10.4. The normalized spacial score (nSPS) is 11.0. The van der Waals surface area contributed by atoms with E-state index in [4.69, 9.17) is 4.42 Å². The van der Waals surface area contributed by atoms with Gasteiger partial charge in [-0.3, -0.25) is 0 Å². The molecule has 0 aliphatic heterocycles. The van der Waals surface area contributed by atoms with Gasteiger partial charge in [0.2, 0.25) is 5.89 Å². The second kappa shape index (κ2) is 5.42. The standard InChI is InChI=1S/C12H17N3OS/c1-8-9(2)16-12(14-8)6-13-5-4-11-7-17-10(3)15-11/h7,13H,4-6H2,1-3H3. The number of thiazole rings is 1. The summed E-state index contributed by atoms with van der Waals surface area (Å²) < 4.78 is 5.48. The second-order valence-electron chi connectivity index (χ2n) is 4.03. The van der Waals surface area contributed by atoms with Crippen LogP contribution in [0.15, 0.2) is 9.80 Å². The lowest BCUT2D eigenvalue weighted by molar-refractivity contribution is 0.449. The molecule has 5 heteroatoms. The molecule has 2 aromatic heterocycles. The summed E-state index contributed by atoms with van der Waals surface area (Å²) in [4.78, 5) is 8.73. The number of rotatable bonds is 5. The number of hydrogen-bond acceptors (Lipinski definition) is 5. The fourth-order valence-corrected chi connectivity index (χ4v) is 2.20. The minimum Gasteiger partial charge on any atom is -0.444 e. The van der Waals surface area contributed by atoms with Gasteiger partial charge in [-0.25, -0.2) is 9.97 Å². The van der Waals surface area contributed by atoms with E-state index < -0.39 is 0 Å². The van der Waals surface area contributed by atoms with Crippen LogP contribution in [-0.2, 0) is 13.0 Å². The molecular formula is C12H17N3OS. The first kappa shape index (κ1) is 12.3. The molecule has 17 heavy (non-hydrogen) atoms. The smallest absolute Gasteiger partial charge is 0.208 e. The molecule has 0 amide bonds. The number of aromatic nitrogens is 2. The molecule has 0 radical (unpaired) electrons. The number of oxazole rings is 1. The minimum absolute atomic E-state index is 0.678. The highest BCUT2D eigenvalue weighted by Crippen LogP contribution is 2.09. The molecule has 0 atom stereocenters. The van der Waals surface area contributed by atoms with Gasteiger partial charge in [0.25, 0.3) is 0 Å². The van der Waals surface area contributed by atoms with Crippen LogP contribution in [0, 0.1) is 20.8 Å². The van der Waals surface area contributed by atoms with Crippen molar-refractivity contribution >= 4 is 11.3 Å². The van der Waals surface area contributed by atoms with Gasteiger partial charge in [-0.1, -0.05) is 0 Å². The van der Waals surface area contributed by atoms with E-state index in [1.165, 1.54) is 0 Å². The monoisotopic (exact) mass is 251 g/mol. The van der Waals surface area contributed by atoms with Crippen LogP contribution in [0.1, 0.15) is 28.0 Å². The molecule has 0 fully saturated rings. The average molecular weight is 251 g/mol. The molecular weight excluding hydrogens is 234 g/mol. The zero-order valence-corrected chi connectivity index (χ0v) is 11.2. The fourth-order valence-electron chi connectivity index (χ4n) is 1.55. The van der Waals surface area contributed by atoms with Crippen molar-refractivity contribution in [1.29, 1.82) is 0 Å². The first-order valence-electron chi connectivity index (χ1n) is 5.70. The van der Waals surface area contributed by atoms with Gasteiger partial charge in [0.15, 0.2) is 0 Å². The van der Waals surface area contributed by atoms with Gasteiger partial charge in [-0.2, -0.15) is 0 Å². The van der Waals surface area contributed by atoms with E-state index in [0.717, 1.165) is 41.0 Å². The Morgan fingerprint density at radius 2 is 2.12 bits per heavy atom. The number of nitrogens with one attached hydrogen (secondary N) is 1. The number of aryl methyl sites for hydroxylation is 3. The van der Waals surface area contributed by atoms with Gasteiger partial charge in [-0.05, 0) is 20.8 Å². The minimum atomic E-state index is 0.678. The summed E-state index contributed by atoms with van der Waals surface area (Å²) in [5, 5.41) is 6.54. The lowest BCUT2D eigenvalue weighted by atomic mass is 10.3. The van der Waals surface area contributed by atoms with Crippen LogP contribution < -0.4 is 5.32 Å². The second-order valence-corrected chi connectivity index (χ2v) is 5.10. The largest absolute Gasteiger partial charge is 0.444 e. The summed E-state index contributed by atoms with van der Waals surface area (Å²) in [6.07, 6.45) is 0.947. The Labute approximate surface area is 105 Å². The van der Waals surface area contributed by atoms with Crippen LogP contribution in [0.4, 0.5) is 0 Å². The van der Waals surface area contributed by atoms with Crippen LogP contribution in [0.2, 0.25) is 0 Å². The van der Waals surface area contributed by atoms with Crippen molar-refractivity contribution in [2.75, 3.05) is 6.54 Å². The first-order valence-corrected chi connectivity index (χ1v) is 6.58. The Morgan fingerprint density at radius 3 is 2.71 bits per heavy atom. The highest BCUT2D eigenvalue weighted by molar-refractivity contribution is 7.09. The molecule has 0 unspecified atom stereocenters. The lowest BCUT2D eigenvalue weighted by Crippen LogP contribution is -2.17. The lowest BCUT2D eigenvalue weighted by Gasteiger charge is -1.99. The Morgan fingerprint density at radius 1 is 1.29 bits per heavy atom. The van der Waals surface area contributed by atoms with E-state index in [-0.39, 0.29) is 0 Å². The van der Waals surface area contributed by atoms with E-state index in [9.17, 15) is 0 Å². The Kier molecular flexibility index (Phi) is 3.91. The molecule has 0 bridgehead atoms. The van der Waals surface area contributed by atoms with Crippen molar-refractivity contribution in [3.05, 3.63) is 33.4 Å². The van der Waals surface area contributed by atoms with E-state index in [1.807, 2.05) is 20.8 Å². The molecule has 0 aliphatic rings. The Bertz CT molecular complexity index is 470. The third-order valence-corrected chi connectivity index (χ3v) is 3.40. The maximum atomic E-state index is 5.48. The fraction of sp³-hybridized carbons (Fsp3) is 0.500. The highest BCUT2D eigenvalue weighted by Gasteiger charge is 2.04. The molecule has 2 aromatic rings. The van der Waals surface area contributed by atoms with Crippen molar-refractivity contribution in [3.8, 4) is 0 Å².